The van der Waals surface area contributed by atoms with Crippen molar-refractivity contribution in [2.24, 2.45) is 0 Å². The van der Waals surface area contributed by atoms with E-state index in [0.29, 0.717) is 5.02 Å². The van der Waals surface area contributed by atoms with Gasteiger partial charge in [0.1, 0.15) is 0 Å². The van der Waals surface area contributed by atoms with Crippen molar-refractivity contribution < 1.29 is 5.11 Å². The van der Waals surface area contributed by atoms with Gasteiger partial charge in [-0.05, 0) is 79.6 Å². The molecule has 0 atom stereocenters. The third-order valence-electron chi connectivity index (χ3n) is 5.66. The number of hydrogen-bond donors (Lipinski definition) is 1. The Balaban J connectivity index is 0.00000109. The van der Waals surface area contributed by atoms with Crippen molar-refractivity contribution in [3.63, 3.8) is 0 Å². The van der Waals surface area contributed by atoms with Crippen molar-refractivity contribution in [1.82, 2.24) is 4.98 Å². The molecule has 0 aliphatic rings. The minimum absolute atomic E-state index is 0.698. The highest BCUT2D eigenvalue weighted by atomic mass is 35.5. The first kappa shape index (κ1) is 29.3. The van der Waals surface area contributed by atoms with Gasteiger partial charge in [-0.2, -0.15) is 0 Å². The lowest BCUT2D eigenvalue weighted by Crippen LogP contribution is -2.18. The van der Waals surface area contributed by atoms with E-state index < -0.39 is 5.60 Å². The van der Waals surface area contributed by atoms with Gasteiger partial charge in [0.25, 0.3) is 0 Å². The average Bonchev–Trinajstić information content (AvgIpc) is 2.89. The van der Waals surface area contributed by atoms with Gasteiger partial charge in [0.15, 0.2) is 0 Å². The molecule has 3 heteroatoms. The van der Waals surface area contributed by atoms with Crippen molar-refractivity contribution in [2.45, 2.75) is 66.4 Å². The van der Waals surface area contributed by atoms with E-state index >= 15 is 0 Å². The van der Waals surface area contributed by atoms with Crippen molar-refractivity contribution in [3.8, 4) is 0 Å². The van der Waals surface area contributed by atoms with Crippen LogP contribution in [0.2, 0.25) is 5.02 Å². The first-order valence-electron chi connectivity index (χ1n) is 13.0. The summed E-state index contributed by atoms with van der Waals surface area (Å²) in [6.07, 6.45) is 7.12. The fourth-order valence-electron chi connectivity index (χ4n) is 4.05. The van der Waals surface area contributed by atoms with Crippen LogP contribution in [-0.2, 0) is 18.4 Å². The number of benzene rings is 3. The third-order valence-corrected chi connectivity index (χ3v) is 5.90. The number of pyridine rings is 1. The molecule has 0 radical (unpaired) electrons. The van der Waals surface area contributed by atoms with E-state index in [0.717, 1.165) is 47.0 Å². The van der Waals surface area contributed by atoms with E-state index in [1.54, 1.807) is 0 Å². The molecule has 3 aromatic carbocycles. The van der Waals surface area contributed by atoms with E-state index in [-0.39, 0.29) is 0 Å². The summed E-state index contributed by atoms with van der Waals surface area (Å²) in [7, 11) is 0. The van der Waals surface area contributed by atoms with Crippen LogP contribution >= 0.6 is 11.6 Å². The largest absolute Gasteiger partial charge is 0.386 e. The van der Waals surface area contributed by atoms with Crippen LogP contribution in [0.25, 0.3) is 23.1 Å². The summed E-state index contributed by atoms with van der Waals surface area (Å²) in [5.74, 6) is 0. The van der Waals surface area contributed by atoms with Gasteiger partial charge in [-0.1, -0.05) is 106 Å². The van der Waals surface area contributed by atoms with Crippen LogP contribution in [0.15, 0.2) is 78.9 Å². The Morgan fingerprint density at radius 1 is 0.806 bits per heavy atom. The fraction of sp³-hybridized carbons (Fsp3) is 0.303. The van der Waals surface area contributed by atoms with E-state index in [9.17, 15) is 5.11 Å². The zero-order valence-corrected chi connectivity index (χ0v) is 23.3. The molecular formula is C33H40ClNO. The topological polar surface area (TPSA) is 33.1 Å². The highest BCUT2D eigenvalue weighted by molar-refractivity contribution is 6.31. The summed E-state index contributed by atoms with van der Waals surface area (Å²) in [6.45, 7) is 11.7. The SMILES string of the molecule is CC.CC.CC(C)(O)c1ccccc1CCCc1cccc(/C=C/c2ccc3ccc(Cl)cc3n2)c1. The summed E-state index contributed by atoms with van der Waals surface area (Å²) < 4.78 is 0. The molecule has 0 aliphatic heterocycles. The number of nitrogens with zero attached hydrogens (tertiary/aromatic N) is 1. The van der Waals surface area contributed by atoms with Crippen molar-refractivity contribution in [1.29, 1.82) is 0 Å². The molecule has 4 rings (SSSR count). The van der Waals surface area contributed by atoms with Crippen molar-refractivity contribution >= 4 is 34.7 Å². The van der Waals surface area contributed by atoms with Crippen LogP contribution < -0.4 is 0 Å². The molecule has 0 bridgehead atoms. The van der Waals surface area contributed by atoms with E-state index in [1.165, 1.54) is 11.1 Å². The Morgan fingerprint density at radius 2 is 1.53 bits per heavy atom. The summed E-state index contributed by atoms with van der Waals surface area (Å²) in [5.41, 5.74) is 5.70. The molecule has 190 valence electrons. The molecule has 0 aliphatic carbocycles. The molecule has 2 nitrogen and oxygen atoms in total. The smallest absolute Gasteiger partial charge is 0.0843 e. The monoisotopic (exact) mass is 501 g/mol. The first-order valence-corrected chi connectivity index (χ1v) is 13.4. The van der Waals surface area contributed by atoms with E-state index in [1.807, 2.05) is 90.1 Å². The standard InChI is InChI=1S/C29H28ClNO.2C2H6/c1-29(2,32)27-12-4-3-10-23(27)11-6-9-21-7-5-8-22(19-21)13-17-26-18-15-24-14-16-25(30)20-28(24)31-26;2*1-2/h3-5,7-8,10,12-20,32H,6,9,11H2,1-2H3;2*1-2H3/b17-13+;;. The molecule has 0 spiro atoms. The second-order valence-electron chi connectivity index (χ2n) is 8.72. The first-order chi connectivity index (χ1) is 17.4. The molecule has 1 aromatic heterocycles. The molecule has 0 fully saturated rings. The second kappa shape index (κ2) is 14.6. The molecule has 0 unspecified atom stereocenters. The lowest BCUT2D eigenvalue weighted by Gasteiger charge is -2.21. The van der Waals surface area contributed by atoms with E-state index in [2.05, 4.69) is 42.5 Å². The third kappa shape index (κ3) is 8.62. The van der Waals surface area contributed by atoms with Gasteiger partial charge in [-0.15, -0.1) is 0 Å². The Kier molecular flexibility index (Phi) is 11.9. The molecule has 36 heavy (non-hydrogen) atoms. The minimum atomic E-state index is -0.816. The summed E-state index contributed by atoms with van der Waals surface area (Å²) in [6, 6.07) is 26.7. The van der Waals surface area contributed by atoms with Gasteiger partial charge in [-0.25, -0.2) is 4.98 Å². The predicted molar refractivity (Wildman–Crippen MR) is 159 cm³/mol. The Bertz CT molecular complexity index is 1250. The second-order valence-corrected chi connectivity index (χ2v) is 9.16. The van der Waals surface area contributed by atoms with Gasteiger partial charge in [0, 0.05) is 10.4 Å². The van der Waals surface area contributed by atoms with Crippen LogP contribution in [0.1, 0.15) is 75.9 Å². The predicted octanol–water partition coefficient (Wildman–Crippen LogP) is 9.51. The van der Waals surface area contributed by atoms with Gasteiger partial charge in [-0.3, -0.25) is 0 Å². The van der Waals surface area contributed by atoms with Gasteiger partial charge in [0.2, 0.25) is 0 Å². The van der Waals surface area contributed by atoms with Crippen LogP contribution in [-0.4, -0.2) is 10.1 Å². The van der Waals surface area contributed by atoms with Crippen molar-refractivity contribution in [2.75, 3.05) is 0 Å². The van der Waals surface area contributed by atoms with Crippen LogP contribution in [0.5, 0.6) is 0 Å². The quantitative estimate of drug-likeness (QED) is 0.273. The normalized spacial score (nSPS) is 11.0. The number of rotatable bonds is 7. The van der Waals surface area contributed by atoms with E-state index in [4.69, 9.17) is 16.6 Å². The summed E-state index contributed by atoms with van der Waals surface area (Å²) >= 11 is 6.10. The lowest BCUT2D eigenvalue weighted by atomic mass is 9.90. The fourth-order valence-corrected chi connectivity index (χ4v) is 4.22. The summed E-state index contributed by atoms with van der Waals surface area (Å²) in [4.78, 5) is 4.69. The Morgan fingerprint density at radius 3 is 2.28 bits per heavy atom. The highest BCUT2D eigenvalue weighted by Gasteiger charge is 2.18. The minimum Gasteiger partial charge on any atom is -0.386 e. The van der Waals surface area contributed by atoms with Crippen molar-refractivity contribution in [3.05, 3.63) is 112 Å². The number of aromatic nitrogens is 1. The lowest BCUT2D eigenvalue weighted by molar-refractivity contribution is 0.0776. The maximum atomic E-state index is 10.4. The number of aryl methyl sites for hydroxylation is 2. The van der Waals surface area contributed by atoms with Gasteiger partial charge >= 0.3 is 0 Å². The average molecular weight is 502 g/mol. The number of fused-ring (bicyclic) bond motifs is 1. The van der Waals surface area contributed by atoms with Gasteiger partial charge < -0.3 is 5.11 Å². The molecule has 1 heterocycles. The molecule has 0 saturated carbocycles. The van der Waals surface area contributed by atoms with Gasteiger partial charge in [0.05, 0.1) is 16.8 Å². The zero-order valence-electron chi connectivity index (χ0n) is 22.6. The summed E-state index contributed by atoms with van der Waals surface area (Å²) in [5, 5.41) is 12.2. The molecule has 4 aromatic rings. The zero-order chi connectivity index (χ0) is 26.6. The maximum Gasteiger partial charge on any atom is 0.0843 e. The number of hydrogen-bond acceptors (Lipinski definition) is 2. The highest BCUT2D eigenvalue weighted by Crippen LogP contribution is 2.25. The molecule has 0 saturated heterocycles. The van der Waals surface area contributed by atoms with Crippen LogP contribution in [0.3, 0.4) is 0 Å². The number of aliphatic hydroxyl groups is 1. The van der Waals surface area contributed by atoms with Crippen LogP contribution in [0.4, 0.5) is 0 Å². The maximum absolute atomic E-state index is 10.4. The Hall–Kier alpha value is -2.94. The number of halogens is 1. The molecular weight excluding hydrogens is 462 g/mol. The Labute approximate surface area is 222 Å². The molecule has 0 amide bonds. The van der Waals surface area contributed by atoms with Crippen LogP contribution in [0, 0.1) is 0 Å². The molecule has 1 N–H and O–H groups in total.